The summed E-state index contributed by atoms with van der Waals surface area (Å²) >= 11 is 6.42. The minimum Gasteiger partial charge on any atom is -0.381 e. The summed E-state index contributed by atoms with van der Waals surface area (Å²) in [6.07, 6.45) is 13.1. The third kappa shape index (κ3) is 8.84. The first kappa shape index (κ1) is 44.6. The number of nitrogens with zero attached hydrogens (tertiary/aromatic N) is 8. The number of piperidine rings is 2. The van der Waals surface area contributed by atoms with E-state index in [0.29, 0.717) is 34.6 Å². The quantitative estimate of drug-likeness (QED) is 0.142. The van der Waals surface area contributed by atoms with Crippen molar-refractivity contribution in [2.75, 3.05) is 67.2 Å². The van der Waals surface area contributed by atoms with E-state index in [2.05, 4.69) is 111 Å². The highest BCUT2D eigenvalue weighted by molar-refractivity contribution is 6.32. The minimum absolute atomic E-state index is 0.110. The molecule has 0 unspecified atom stereocenters. The molecule has 350 valence electrons. The van der Waals surface area contributed by atoms with E-state index >= 15 is 0 Å². The van der Waals surface area contributed by atoms with Gasteiger partial charge in [-0.2, -0.15) is 10.4 Å². The fourth-order valence-electron chi connectivity index (χ4n) is 12.3. The van der Waals surface area contributed by atoms with Gasteiger partial charge < -0.3 is 24.3 Å². The number of aromatic nitrogens is 3. The van der Waals surface area contributed by atoms with Crippen LogP contribution in [0.15, 0.2) is 97.2 Å². The Morgan fingerprint density at radius 2 is 1.59 bits per heavy atom. The highest BCUT2D eigenvalue weighted by Gasteiger charge is 2.44. The molecule has 0 radical (unpaired) electrons. The van der Waals surface area contributed by atoms with Gasteiger partial charge in [0, 0.05) is 129 Å². The highest BCUT2D eigenvalue weighted by Crippen LogP contribution is 2.46. The second-order valence-electron chi connectivity index (χ2n) is 20.5. The summed E-state index contributed by atoms with van der Waals surface area (Å²) in [4.78, 5) is 27.1. The standard InChI is InChI=1S/C57H63ClN8O2/c1-39-34-57(38-65(39)49-13-12-45(35-59)53(58)33-49)23-28-63(29-24-57)47-16-14-46(15-17-47)62-25-18-42(19-26-62)7-6-41-8-10-43(11-9-41)54-32-44-4-3-5-50(51(44)36-60-54)56-52-37-64(40(2)67)27-20-55(52)66(61-56)48-21-30-68-31-22-48/h3-5,8-17,32-33,36,39,42,48H,6-7,18-31,34,37-38H2,1-2H3/t39-/m0/s1. The van der Waals surface area contributed by atoms with E-state index in [1.165, 1.54) is 66.7 Å². The summed E-state index contributed by atoms with van der Waals surface area (Å²) in [5.74, 6) is 0.850. The number of aryl methyl sites for hydroxylation is 1. The van der Waals surface area contributed by atoms with Gasteiger partial charge >= 0.3 is 0 Å². The number of carbonyl (C=O) groups is 1. The first-order chi connectivity index (χ1) is 33.2. The van der Waals surface area contributed by atoms with Gasteiger partial charge in [0.15, 0.2) is 0 Å². The zero-order valence-corrected chi connectivity index (χ0v) is 40.4. The average molecular weight is 928 g/mol. The number of anilines is 3. The average Bonchev–Trinajstić information content (AvgIpc) is 3.92. The Bertz CT molecular complexity index is 2830. The molecule has 68 heavy (non-hydrogen) atoms. The van der Waals surface area contributed by atoms with Gasteiger partial charge in [-0.3, -0.25) is 14.5 Å². The molecule has 10 nitrogen and oxygen atoms in total. The molecule has 0 N–H and O–H groups in total. The topological polar surface area (TPSA) is 93.8 Å². The molecular weight excluding hydrogens is 864 g/mol. The van der Waals surface area contributed by atoms with E-state index < -0.39 is 0 Å². The molecule has 0 bridgehead atoms. The Hall–Kier alpha value is -5.89. The number of rotatable bonds is 9. The van der Waals surface area contributed by atoms with Crippen LogP contribution < -0.4 is 14.7 Å². The smallest absolute Gasteiger partial charge is 0.219 e. The number of halogens is 1. The highest BCUT2D eigenvalue weighted by atomic mass is 35.5. The van der Waals surface area contributed by atoms with Gasteiger partial charge in [0.05, 0.1) is 28.0 Å². The van der Waals surface area contributed by atoms with E-state index in [9.17, 15) is 10.1 Å². The summed E-state index contributed by atoms with van der Waals surface area (Å²) in [6.45, 7) is 12.3. The summed E-state index contributed by atoms with van der Waals surface area (Å²) in [7, 11) is 0. The van der Waals surface area contributed by atoms with Crippen molar-refractivity contribution in [2.24, 2.45) is 11.3 Å². The third-order valence-electron chi connectivity index (χ3n) is 16.4. The Morgan fingerprint density at radius 3 is 2.29 bits per heavy atom. The molecule has 4 aromatic carbocycles. The molecule has 7 heterocycles. The van der Waals surface area contributed by atoms with Crippen molar-refractivity contribution in [1.29, 1.82) is 5.26 Å². The van der Waals surface area contributed by atoms with Crippen LogP contribution >= 0.6 is 11.6 Å². The van der Waals surface area contributed by atoms with Gasteiger partial charge in [0.2, 0.25) is 5.91 Å². The van der Waals surface area contributed by atoms with Crippen LogP contribution in [0.1, 0.15) is 93.6 Å². The fraction of sp³-hybridized carbons (Fsp3) is 0.439. The largest absolute Gasteiger partial charge is 0.381 e. The molecular formula is C57H63ClN8O2. The van der Waals surface area contributed by atoms with Crippen molar-refractivity contribution in [2.45, 2.75) is 96.7 Å². The molecule has 2 aromatic heterocycles. The number of carbonyl (C=O) groups excluding carboxylic acids is 1. The Morgan fingerprint density at radius 1 is 0.868 bits per heavy atom. The summed E-state index contributed by atoms with van der Waals surface area (Å²) < 4.78 is 7.96. The minimum atomic E-state index is 0.110. The van der Waals surface area contributed by atoms with Gasteiger partial charge in [0.1, 0.15) is 6.07 Å². The van der Waals surface area contributed by atoms with Crippen molar-refractivity contribution in [3.63, 3.8) is 0 Å². The lowest BCUT2D eigenvalue weighted by molar-refractivity contribution is -0.129. The van der Waals surface area contributed by atoms with Crippen LogP contribution in [-0.4, -0.2) is 84.1 Å². The number of fused-ring (bicyclic) bond motifs is 2. The Balaban J connectivity index is 0.674. The number of hydrogen-bond acceptors (Lipinski definition) is 8. The second kappa shape index (κ2) is 18.9. The van der Waals surface area contributed by atoms with Crippen molar-refractivity contribution >= 4 is 45.3 Å². The van der Waals surface area contributed by atoms with E-state index in [1.54, 1.807) is 6.92 Å². The Labute approximate surface area is 406 Å². The third-order valence-corrected chi connectivity index (χ3v) is 16.7. The number of ether oxygens (including phenoxy) is 1. The van der Waals surface area contributed by atoms with Crippen molar-refractivity contribution in [3.8, 4) is 28.6 Å². The second-order valence-corrected chi connectivity index (χ2v) is 20.9. The number of hydrogen-bond donors (Lipinski definition) is 0. The van der Waals surface area contributed by atoms with E-state index in [1.807, 2.05) is 23.2 Å². The van der Waals surface area contributed by atoms with Gasteiger partial charge in [-0.1, -0.05) is 54.1 Å². The monoisotopic (exact) mass is 926 g/mol. The zero-order valence-electron chi connectivity index (χ0n) is 39.7. The molecule has 1 amide bonds. The van der Waals surface area contributed by atoms with E-state index in [0.717, 1.165) is 123 Å². The molecule has 0 aliphatic carbocycles. The van der Waals surface area contributed by atoms with Crippen LogP contribution in [0.5, 0.6) is 0 Å². The molecule has 5 aliphatic rings. The van der Waals surface area contributed by atoms with Crippen LogP contribution in [0.4, 0.5) is 17.1 Å². The predicted octanol–water partition coefficient (Wildman–Crippen LogP) is 11.3. The molecule has 11 heteroatoms. The predicted molar refractivity (Wildman–Crippen MR) is 273 cm³/mol. The first-order valence-corrected chi connectivity index (χ1v) is 25.6. The molecule has 5 aliphatic heterocycles. The van der Waals surface area contributed by atoms with Crippen molar-refractivity contribution < 1.29 is 9.53 Å². The van der Waals surface area contributed by atoms with Crippen LogP contribution in [0.3, 0.4) is 0 Å². The van der Waals surface area contributed by atoms with Crippen LogP contribution in [0.25, 0.3) is 33.3 Å². The summed E-state index contributed by atoms with van der Waals surface area (Å²) in [6, 6.07) is 36.0. The molecule has 1 atom stereocenters. The summed E-state index contributed by atoms with van der Waals surface area (Å²) in [5.41, 5.74) is 12.7. The number of benzene rings is 4. The summed E-state index contributed by atoms with van der Waals surface area (Å²) in [5, 5.41) is 17.4. The molecule has 6 aromatic rings. The van der Waals surface area contributed by atoms with E-state index in [-0.39, 0.29) is 5.91 Å². The molecule has 1 spiro atoms. The van der Waals surface area contributed by atoms with Crippen molar-refractivity contribution in [3.05, 3.63) is 125 Å². The zero-order chi connectivity index (χ0) is 46.4. The van der Waals surface area contributed by atoms with Crippen LogP contribution in [0, 0.1) is 22.7 Å². The molecule has 11 rings (SSSR count). The lowest BCUT2D eigenvalue weighted by atomic mass is 9.76. The van der Waals surface area contributed by atoms with Gasteiger partial charge in [-0.15, -0.1) is 0 Å². The Kier molecular flexibility index (Phi) is 12.4. The lowest BCUT2D eigenvalue weighted by Gasteiger charge is -2.40. The fourth-order valence-corrected chi connectivity index (χ4v) is 12.5. The number of pyridine rings is 1. The van der Waals surface area contributed by atoms with Crippen molar-refractivity contribution in [1.82, 2.24) is 19.7 Å². The maximum absolute atomic E-state index is 12.5. The maximum atomic E-state index is 12.5. The maximum Gasteiger partial charge on any atom is 0.219 e. The molecule has 4 fully saturated rings. The van der Waals surface area contributed by atoms with Crippen LogP contribution in [-0.2, 0) is 28.9 Å². The molecule has 4 saturated heterocycles. The van der Waals surface area contributed by atoms with Gasteiger partial charge in [0.25, 0.3) is 0 Å². The normalized spacial score (nSPS) is 20.0. The van der Waals surface area contributed by atoms with E-state index in [4.69, 9.17) is 26.4 Å². The van der Waals surface area contributed by atoms with Crippen LogP contribution in [0.2, 0.25) is 5.02 Å². The molecule has 0 saturated carbocycles. The number of amides is 1. The van der Waals surface area contributed by atoms with Gasteiger partial charge in [-0.05, 0) is 136 Å². The lowest BCUT2D eigenvalue weighted by Crippen LogP contribution is -2.41. The first-order valence-electron chi connectivity index (χ1n) is 25.2. The SMILES string of the molecule is CC(=O)N1CCc2c(c(-c3cccc4cc(-c5ccc(CCC6CCN(c7ccc(N8CCC9(CC8)C[C@H](C)N(c8ccc(C#N)c(Cl)c8)C9)cc7)CC6)cc5)ncc34)nn2C2CCOCC2)C1. The number of nitriles is 1. The van der Waals surface area contributed by atoms with Gasteiger partial charge in [-0.25, -0.2) is 0 Å².